The van der Waals surface area contributed by atoms with Crippen molar-refractivity contribution in [3.63, 3.8) is 0 Å². The minimum Gasteiger partial charge on any atom is -0.450 e. The number of benzene rings is 1. The number of carbonyl (C=O) groups excluding carboxylic acids is 2. The first kappa shape index (κ1) is 22.1. The standard InChI is InChI=1S/C24H34FN3O3/c1-3-31-23(30)26-18-7-4-5-8-19(15-18)27-13-11-24(12-14-27)16-28(17(2)29)22-20(24)9-6-10-21(22)25/h6,9-10,18-19H,3-5,7-8,11-16H2,1-2H3,(H,26,30). The van der Waals surface area contributed by atoms with Crippen molar-refractivity contribution < 1.29 is 18.7 Å². The van der Waals surface area contributed by atoms with Gasteiger partial charge in [-0.1, -0.05) is 25.0 Å². The number of hydrogen-bond donors (Lipinski definition) is 1. The summed E-state index contributed by atoms with van der Waals surface area (Å²) >= 11 is 0. The summed E-state index contributed by atoms with van der Waals surface area (Å²) in [4.78, 5) is 28.3. The molecule has 0 aromatic heterocycles. The summed E-state index contributed by atoms with van der Waals surface area (Å²) < 4.78 is 19.7. The highest BCUT2D eigenvalue weighted by Gasteiger charge is 2.47. The molecule has 1 aliphatic carbocycles. The Morgan fingerprint density at radius 1 is 1.23 bits per heavy atom. The van der Waals surface area contributed by atoms with Gasteiger partial charge in [0.1, 0.15) is 5.82 Å². The van der Waals surface area contributed by atoms with E-state index in [1.54, 1.807) is 11.0 Å². The lowest BCUT2D eigenvalue weighted by molar-refractivity contribution is -0.116. The summed E-state index contributed by atoms with van der Waals surface area (Å²) in [6.45, 7) is 6.16. The Bertz CT molecular complexity index is 822. The van der Waals surface area contributed by atoms with Gasteiger partial charge < -0.3 is 19.9 Å². The molecule has 2 fully saturated rings. The number of para-hydroxylation sites is 1. The van der Waals surface area contributed by atoms with Gasteiger partial charge in [-0.25, -0.2) is 9.18 Å². The predicted octanol–water partition coefficient (Wildman–Crippen LogP) is 3.97. The maximum Gasteiger partial charge on any atom is 0.407 e. The highest BCUT2D eigenvalue weighted by molar-refractivity contribution is 5.95. The molecule has 1 saturated carbocycles. The molecule has 3 aliphatic rings. The van der Waals surface area contributed by atoms with Crippen molar-refractivity contribution in [2.75, 3.05) is 31.1 Å². The number of nitrogens with zero attached hydrogens (tertiary/aromatic N) is 2. The largest absolute Gasteiger partial charge is 0.450 e. The number of likely N-dealkylation sites (tertiary alicyclic amines) is 1. The number of fused-ring (bicyclic) bond motifs is 2. The molecule has 0 bridgehead atoms. The fourth-order valence-electron chi connectivity index (χ4n) is 5.83. The zero-order chi connectivity index (χ0) is 22.0. The summed E-state index contributed by atoms with van der Waals surface area (Å²) in [5.41, 5.74) is 1.31. The first-order chi connectivity index (χ1) is 14.9. The number of halogens is 1. The number of hydrogen-bond acceptors (Lipinski definition) is 4. The maximum absolute atomic E-state index is 14.6. The van der Waals surface area contributed by atoms with Crippen molar-refractivity contribution in [2.45, 2.75) is 76.3 Å². The van der Waals surface area contributed by atoms with Gasteiger partial charge in [0.25, 0.3) is 0 Å². The minimum absolute atomic E-state index is 0.0951. The molecule has 2 unspecified atom stereocenters. The normalized spacial score (nSPS) is 25.7. The van der Waals surface area contributed by atoms with Crippen molar-refractivity contribution in [1.82, 2.24) is 10.2 Å². The maximum atomic E-state index is 14.6. The second-order valence-electron chi connectivity index (χ2n) is 9.29. The molecule has 7 heteroatoms. The van der Waals surface area contributed by atoms with E-state index in [0.717, 1.165) is 57.2 Å². The zero-order valence-corrected chi connectivity index (χ0v) is 18.7. The van der Waals surface area contributed by atoms with Crippen LogP contribution in [0.4, 0.5) is 14.9 Å². The van der Waals surface area contributed by atoms with Crippen LogP contribution in [0.1, 0.15) is 64.4 Å². The molecule has 6 nitrogen and oxygen atoms in total. The van der Waals surface area contributed by atoms with Crippen LogP contribution in [0.5, 0.6) is 0 Å². The molecular formula is C24H34FN3O3. The number of anilines is 1. The number of ether oxygens (including phenoxy) is 1. The summed E-state index contributed by atoms with van der Waals surface area (Å²) in [6.07, 6.45) is 6.87. The van der Waals surface area contributed by atoms with Gasteiger partial charge in [-0.2, -0.15) is 0 Å². The molecule has 2 atom stereocenters. The Morgan fingerprint density at radius 3 is 2.68 bits per heavy atom. The summed E-state index contributed by atoms with van der Waals surface area (Å²) in [5, 5.41) is 3.04. The van der Waals surface area contributed by atoms with E-state index < -0.39 is 0 Å². The molecule has 170 valence electrons. The van der Waals surface area contributed by atoms with Crippen LogP contribution in [-0.4, -0.2) is 55.2 Å². The fourth-order valence-corrected chi connectivity index (χ4v) is 5.83. The van der Waals surface area contributed by atoms with Crippen LogP contribution in [0.15, 0.2) is 18.2 Å². The average molecular weight is 432 g/mol. The molecule has 1 N–H and O–H groups in total. The van der Waals surface area contributed by atoms with E-state index in [1.807, 2.05) is 13.0 Å². The van der Waals surface area contributed by atoms with Gasteiger partial charge in [0.2, 0.25) is 5.91 Å². The van der Waals surface area contributed by atoms with Gasteiger partial charge in [-0.3, -0.25) is 4.79 Å². The number of carbonyl (C=O) groups is 2. The van der Waals surface area contributed by atoms with E-state index in [9.17, 15) is 14.0 Å². The Kier molecular flexibility index (Phi) is 6.51. The number of amides is 2. The van der Waals surface area contributed by atoms with E-state index in [2.05, 4.69) is 10.2 Å². The third-order valence-electron chi connectivity index (χ3n) is 7.43. The van der Waals surface area contributed by atoms with E-state index >= 15 is 0 Å². The fraction of sp³-hybridized carbons (Fsp3) is 0.667. The lowest BCUT2D eigenvalue weighted by Crippen LogP contribution is -2.50. The van der Waals surface area contributed by atoms with Gasteiger partial charge >= 0.3 is 6.09 Å². The molecule has 1 aromatic rings. The van der Waals surface area contributed by atoms with Crippen molar-refractivity contribution in [2.24, 2.45) is 0 Å². The lowest BCUT2D eigenvalue weighted by Gasteiger charge is -2.43. The number of alkyl carbamates (subject to hydrolysis) is 1. The van der Waals surface area contributed by atoms with Gasteiger partial charge in [-0.15, -0.1) is 0 Å². The van der Waals surface area contributed by atoms with Gasteiger partial charge in [0.05, 0.1) is 12.3 Å². The lowest BCUT2D eigenvalue weighted by atomic mass is 9.74. The SMILES string of the molecule is CCOC(=O)NC1CCCCC(N2CCC3(CC2)CN(C(C)=O)c2c(F)cccc23)C1. The van der Waals surface area contributed by atoms with Crippen LogP contribution in [0.3, 0.4) is 0 Å². The molecule has 4 rings (SSSR count). The molecule has 0 radical (unpaired) electrons. The molecule has 2 heterocycles. The van der Waals surface area contributed by atoms with Crippen LogP contribution in [0.25, 0.3) is 0 Å². The second kappa shape index (κ2) is 9.15. The zero-order valence-electron chi connectivity index (χ0n) is 18.7. The summed E-state index contributed by atoms with van der Waals surface area (Å²) in [5.74, 6) is -0.397. The predicted molar refractivity (Wildman–Crippen MR) is 118 cm³/mol. The molecule has 1 aromatic carbocycles. The average Bonchev–Trinajstić information content (AvgIpc) is 2.89. The molecule has 1 saturated heterocycles. The number of rotatable bonds is 3. The minimum atomic E-state index is -0.320. The van der Waals surface area contributed by atoms with Gasteiger partial charge in [-0.05, 0) is 63.7 Å². The summed E-state index contributed by atoms with van der Waals surface area (Å²) in [6, 6.07) is 5.80. The molecule has 2 amide bonds. The molecule has 2 aliphatic heterocycles. The second-order valence-corrected chi connectivity index (χ2v) is 9.29. The third-order valence-corrected chi connectivity index (χ3v) is 7.43. The molecule has 31 heavy (non-hydrogen) atoms. The van der Waals surface area contributed by atoms with Crippen LogP contribution < -0.4 is 10.2 Å². The van der Waals surface area contributed by atoms with Crippen LogP contribution in [-0.2, 0) is 14.9 Å². The van der Waals surface area contributed by atoms with Crippen molar-refractivity contribution >= 4 is 17.7 Å². The Balaban J connectivity index is 1.44. The smallest absolute Gasteiger partial charge is 0.407 e. The van der Waals surface area contributed by atoms with E-state index in [4.69, 9.17) is 4.74 Å². The number of nitrogens with one attached hydrogen (secondary N) is 1. The van der Waals surface area contributed by atoms with Crippen molar-refractivity contribution in [1.29, 1.82) is 0 Å². The van der Waals surface area contributed by atoms with E-state index in [1.165, 1.54) is 19.4 Å². The Hall–Kier alpha value is -2.15. The molecular weight excluding hydrogens is 397 g/mol. The number of piperidine rings is 1. The van der Waals surface area contributed by atoms with E-state index in [0.29, 0.717) is 24.9 Å². The van der Waals surface area contributed by atoms with Crippen LogP contribution in [0.2, 0.25) is 0 Å². The summed E-state index contributed by atoms with van der Waals surface area (Å²) in [7, 11) is 0. The first-order valence-electron chi connectivity index (χ1n) is 11.7. The monoisotopic (exact) mass is 431 g/mol. The Labute approximate surface area is 184 Å². The molecule has 1 spiro atoms. The third kappa shape index (κ3) is 4.43. The Morgan fingerprint density at radius 2 is 1.97 bits per heavy atom. The van der Waals surface area contributed by atoms with Gasteiger partial charge in [0.15, 0.2) is 0 Å². The highest BCUT2D eigenvalue weighted by atomic mass is 19.1. The topological polar surface area (TPSA) is 61.9 Å². The van der Waals surface area contributed by atoms with Crippen molar-refractivity contribution in [3.05, 3.63) is 29.6 Å². The first-order valence-corrected chi connectivity index (χ1v) is 11.7. The van der Waals surface area contributed by atoms with Crippen LogP contribution >= 0.6 is 0 Å². The highest BCUT2D eigenvalue weighted by Crippen LogP contribution is 2.48. The van der Waals surface area contributed by atoms with E-state index in [-0.39, 0.29) is 29.3 Å². The van der Waals surface area contributed by atoms with Crippen molar-refractivity contribution in [3.8, 4) is 0 Å². The van der Waals surface area contributed by atoms with Gasteiger partial charge in [0, 0.05) is 31.0 Å². The quantitative estimate of drug-likeness (QED) is 0.736. The van der Waals surface area contributed by atoms with Crippen LogP contribution in [0, 0.1) is 5.82 Å².